The van der Waals surface area contributed by atoms with E-state index in [1.165, 1.54) is 5.56 Å². The number of amides is 1. The maximum absolute atomic E-state index is 12.7. The first-order valence-electron chi connectivity index (χ1n) is 8.39. The molecule has 0 saturated heterocycles. The summed E-state index contributed by atoms with van der Waals surface area (Å²) in [5.74, 6) is -0.222. The van der Waals surface area contributed by atoms with Crippen molar-refractivity contribution in [1.82, 2.24) is 10.4 Å². The SMILES string of the molecule is CC/C(C)=N\NC(=O)c1cc(-c2ccc(C)cc2)nc2ccccc12. The highest BCUT2D eigenvalue weighted by atomic mass is 16.2. The van der Waals surface area contributed by atoms with E-state index >= 15 is 0 Å². The van der Waals surface area contributed by atoms with Crippen molar-refractivity contribution in [2.75, 3.05) is 0 Å². The number of aryl methyl sites for hydroxylation is 1. The predicted molar refractivity (Wildman–Crippen MR) is 103 cm³/mol. The number of para-hydroxylation sites is 1. The minimum Gasteiger partial charge on any atom is -0.267 e. The lowest BCUT2D eigenvalue weighted by atomic mass is 10.0. The lowest BCUT2D eigenvalue weighted by molar-refractivity contribution is 0.0956. The van der Waals surface area contributed by atoms with Gasteiger partial charge in [-0.15, -0.1) is 0 Å². The quantitative estimate of drug-likeness (QED) is 0.555. The molecule has 126 valence electrons. The molecular weight excluding hydrogens is 310 g/mol. The van der Waals surface area contributed by atoms with Crippen molar-refractivity contribution in [3.8, 4) is 11.3 Å². The zero-order chi connectivity index (χ0) is 17.8. The Morgan fingerprint density at radius 1 is 1.12 bits per heavy atom. The molecular formula is C21H21N3O. The number of hydrogen-bond acceptors (Lipinski definition) is 3. The number of pyridine rings is 1. The van der Waals surface area contributed by atoms with Gasteiger partial charge in [0.25, 0.3) is 5.91 Å². The maximum atomic E-state index is 12.7. The molecule has 4 nitrogen and oxygen atoms in total. The summed E-state index contributed by atoms with van der Waals surface area (Å²) in [6.07, 6.45) is 0.798. The molecule has 0 radical (unpaired) electrons. The fraction of sp³-hybridized carbons (Fsp3) is 0.190. The second kappa shape index (κ2) is 7.26. The number of nitrogens with one attached hydrogen (secondary N) is 1. The molecule has 3 aromatic rings. The Labute approximate surface area is 147 Å². The van der Waals surface area contributed by atoms with Crippen LogP contribution in [0.2, 0.25) is 0 Å². The Morgan fingerprint density at radius 3 is 2.56 bits per heavy atom. The highest BCUT2D eigenvalue weighted by Crippen LogP contribution is 2.25. The molecule has 0 fully saturated rings. The van der Waals surface area contributed by atoms with E-state index in [2.05, 4.69) is 10.5 Å². The normalized spacial score (nSPS) is 11.6. The Balaban J connectivity index is 2.09. The monoisotopic (exact) mass is 331 g/mol. The van der Waals surface area contributed by atoms with Crippen LogP contribution < -0.4 is 5.43 Å². The van der Waals surface area contributed by atoms with Crippen LogP contribution in [0, 0.1) is 6.92 Å². The van der Waals surface area contributed by atoms with Crippen molar-refractivity contribution in [3.05, 3.63) is 65.7 Å². The van der Waals surface area contributed by atoms with E-state index < -0.39 is 0 Å². The number of nitrogens with zero attached hydrogens (tertiary/aromatic N) is 2. The molecule has 0 bridgehead atoms. The van der Waals surface area contributed by atoms with Crippen molar-refractivity contribution in [1.29, 1.82) is 0 Å². The third kappa shape index (κ3) is 3.74. The molecule has 0 aliphatic heterocycles. The summed E-state index contributed by atoms with van der Waals surface area (Å²) in [6, 6.07) is 17.6. The van der Waals surface area contributed by atoms with Gasteiger partial charge in [-0.1, -0.05) is 55.0 Å². The summed E-state index contributed by atoms with van der Waals surface area (Å²) in [5, 5.41) is 4.96. The molecule has 0 spiro atoms. The fourth-order valence-corrected chi connectivity index (χ4v) is 2.52. The predicted octanol–water partition coefficient (Wildman–Crippen LogP) is 4.73. The number of carbonyl (C=O) groups excluding carboxylic acids is 1. The second-order valence-corrected chi connectivity index (χ2v) is 6.08. The van der Waals surface area contributed by atoms with E-state index in [4.69, 9.17) is 4.98 Å². The lowest BCUT2D eigenvalue weighted by Crippen LogP contribution is -2.19. The zero-order valence-corrected chi connectivity index (χ0v) is 14.7. The van der Waals surface area contributed by atoms with Gasteiger partial charge in [0.1, 0.15) is 0 Å². The second-order valence-electron chi connectivity index (χ2n) is 6.08. The van der Waals surface area contributed by atoms with Gasteiger partial charge in [0.15, 0.2) is 0 Å². The van der Waals surface area contributed by atoms with Gasteiger partial charge in [-0.2, -0.15) is 5.10 Å². The number of benzene rings is 2. The Morgan fingerprint density at radius 2 is 1.84 bits per heavy atom. The number of aromatic nitrogens is 1. The molecule has 3 rings (SSSR count). The van der Waals surface area contributed by atoms with Gasteiger partial charge in [-0.05, 0) is 32.4 Å². The molecule has 0 saturated carbocycles. The average molecular weight is 331 g/mol. The first-order chi connectivity index (χ1) is 12.1. The van der Waals surface area contributed by atoms with Crippen LogP contribution in [0.5, 0.6) is 0 Å². The summed E-state index contributed by atoms with van der Waals surface area (Å²) in [4.78, 5) is 17.4. The molecule has 1 N–H and O–H groups in total. The van der Waals surface area contributed by atoms with Gasteiger partial charge in [0, 0.05) is 16.7 Å². The third-order valence-corrected chi connectivity index (χ3v) is 4.17. The Hall–Kier alpha value is -3.01. The molecule has 25 heavy (non-hydrogen) atoms. The van der Waals surface area contributed by atoms with Crippen molar-refractivity contribution in [2.24, 2.45) is 5.10 Å². The molecule has 1 heterocycles. The first kappa shape index (κ1) is 16.8. The third-order valence-electron chi connectivity index (χ3n) is 4.17. The van der Waals surface area contributed by atoms with Crippen molar-refractivity contribution < 1.29 is 4.79 Å². The molecule has 1 amide bonds. The molecule has 0 unspecified atom stereocenters. The van der Waals surface area contributed by atoms with Crippen LogP contribution in [0.3, 0.4) is 0 Å². The first-order valence-corrected chi connectivity index (χ1v) is 8.39. The zero-order valence-electron chi connectivity index (χ0n) is 14.7. The summed E-state index contributed by atoms with van der Waals surface area (Å²) in [7, 11) is 0. The molecule has 0 aliphatic rings. The summed E-state index contributed by atoms with van der Waals surface area (Å²) in [6.45, 7) is 5.94. The topological polar surface area (TPSA) is 54.4 Å². The number of rotatable bonds is 4. The molecule has 1 aromatic heterocycles. The maximum Gasteiger partial charge on any atom is 0.272 e. The minimum atomic E-state index is -0.222. The van der Waals surface area contributed by atoms with Crippen molar-refractivity contribution >= 4 is 22.5 Å². The number of carbonyl (C=O) groups is 1. The lowest BCUT2D eigenvalue weighted by Gasteiger charge is -2.09. The van der Waals surface area contributed by atoms with Gasteiger partial charge in [-0.3, -0.25) is 4.79 Å². The van der Waals surface area contributed by atoms with Crippen LogP contribution in [0.15, 0.2) is 59.7 Å². The van der Waals surface area contributed by atoms with Crippen molar-refractivity contribution in [3.63, 3.8) is 0 Å². The molecule has 4 heteroatoms. The van der Waals surface area contributed by atoms with E-state index in [-0.39, 0.29) is 5.91 Å². The van der Waals surface area contributed by atoms with Crippen LogP contribution in [0.4, 0.5) is 0 Å². The summed E-state index contributed by atoms with van der Waals surface area (Å²) < 4.78 is 0. The van der Waals surface area contributed by atoms with Crippen LogP contribution in [-0.4, -0.2) is 16.6 Å². The molecule has 2 aromatic carbocycles. The van der Waals surface area contributed by atoms with E-state index in [0.717, 1.165) is 34.3 Å². The highest BCUT2D eigenvalue weighted by Gasteiger charge is 2.13. The van der Waals surface area contributed by atoms with Gasteiger partial charge >= 0.3 is 0 Å². The number of fused-ring (bicyclic) bond motifs is 1. The van der Waals surface area contributed by atoms with E-state index in [1.807, 2.05) is 75.4 Å². The van der Waals surface area contributed by atoms with E-state index in [9.17, 15) is 4.79 Å². The minimum absolute atomic E-state index is 0.222. The smallest absolute Gasteiger partial charge is 0.267 e. The van der Waals surface area contributed by atoms with Crippen LogP contribution in [0.25, 0.3) is 22.2 Å². The Kier molecular flexibility index (Phi) is 4.89. The van der Waals surface area contributed by atoms with Gasteiger partial charge in [0.05, 0.1) is 16.8 Å². The summed E-state index contributed by atoms with van der Waals surface area (Å²) in [5.41, 5.74) is 7.85. The fourth-order valence-electron chi connectivity index (χ4n) is 2.52. The standard InChI is InChI=1S/C21H21N3O/c1-4-15(3)23-24-21(25)18-13-20(16-11-9-14(2)10-12-16)22-19-8-6-5-7-17(18)19/h5-13H,4H2,1-3H3,(H,24,25)/b23-15-. The number of hydrazone groups is 1. The highest BCUT2D eigenvalue weighted by molar-refractivity contribution is 6.07. The van der Waals surface area contributed by atoms with E-state index in [0.29, 0.717) is 5.56 Å². The largest absolute Gasteiger partial charge is 0.272 e. The van der Waals surface area contributed by atoms with Gasteiger partial charge in [0.2, 0.25) is 0 Å². The van der Waals surface area contributed by atoms with Crippen LogP contribution in [-0.2, 0) is 0 Å². The molecule has 0 atom stereocenters. The summed E-state index contributed by atoms with van der Waals surface area (Å²) >= 11 is 0. The van der Waals surface area contributed by atoms with Crippen molar-refractivity contribution in [2.45, 2.75) is 27.2 Å². The average Bonchev–Trinajstić information content (AvgIpc) is 2.65. The van der Waals surface area contributed by atoms with Crippen LogP contribution in [0.1, 0.15) is 36.2 Å². The van der Waals surface area contributed by atoms with Crippen LogP contribution >= 0.6 is 0 Å². The van der Waals surface area contributed by atoms with E-state index in [1.54, 1.807) is 0 Å². The Bertz CT molecular complexity index is 943. The number of hydrogen-bond donors (Lipinski definition) is 1. The van der Waals surface area contributed by atoms with Gasteiger partial charge in [-0.25, -0.2) is 10.4 Å². The molecule has 0 aliphatic carbocycles. The van der Waals surface area contributed by atoms with Gasteiger partial charge < -0.3 is 0 Å².